The first-order valence-electron chi connectivity index (χ1n) is 6.37. The number of halogens is 1. The Morgan fingerprint density at radius 1 is 1.22 bits per heavy atom. The van der Waals surface area contributed by atoms with Gasteiger partial charge in [-0.2, -0.15) is 0 Å². The van der Waals surface area contributed by atoms with Crippen LogP contribution < -0.4 is 5.32 Å². The Hall–Kier alpha value is -1.10. The molecule has 0 spiro atoms. The van der Waals surface area contributed by atoms with E-state index in [1.807, 2.05) is 6.07 Å². The van der Waals surface area contributed by atoms with E-state index in [0.29, 0.717) is 11.7 Å². The van der Waals surface area contributed by atoms with Crippen LogP contribution in [0, 0.1) is 10.1 Å². The Kier molecular flexibility index (Phi) is 4.58. The molecule has 0 radical (unpaired) electrons. The smallest absolute Gasteiger partial charge is 0.293 e. The maximum atomic E-state index is 11.0. The molecule has 0 saturated heterocycles. The number of nitrogens with one attached hydrogen (secondary N) is 1. The van der Waals surface area contributed by atoms with Gasteiger partial charge >= 0.3 is 0 Å². The molecule has 0 bridgehead atoms. The first-order valence-corrected chi connectivity index (χ1v) is 7.16. The quantitative estimate of drug-likeness (QED) is 0.508. The summed E-state index contributed by atoms with van der Waals surface area (Å²) in [5.41, 5.74) is 0.781. The zero-order valence-corrected chi connectivity index (χ0v) is 11.8. The lowest BCUT2D eigenvalue weighted by Gasteiger charge is -2.17. The Morgan fingerprint density at radius 3 is 2.50 bits per heavy atom. The summed E-state index contributed by atoms with van der Waals surface area (Å²) in [4.78, 5) is 10.7. The molecule has 0 unspecified atom stereocenters. The third kappa shape index (κ3) is 3.45. The van der Waals surface area contributed by atoms with Crippen molar-refractivity contribution < 1.29 is 4.92 Å². The molecule has 1 aliphatic carbocycles. The molecule has 98 valence electrons. The van der Waals surface area contributed by atoms with E-state index in [1.165, 1.54) is 25.7 Å². The summed E-state index contributed by atoms with van der Waals surface area (Å²) in [7, 11) is 0. The highest BCUT2D eigenvalue weighted by Gasteiger charge is 2.18. The van der Waals surface area contributed by atoms with Crippen LogP contribution in [0.4, 0.5) is 11.4 Å². The monoisotopic (exact) mass is 312 g/mol. The van der Waals surface area contributed by atoms with Crippen molar-refractivity contribution in [2.24, 2.45) is 0 Å². The molecule has 0 aromatic heterocycles. The highest BCUT2D eigenvalue weighted by molar-refractivity contribution is 9.10. The van der Waals surface area contributed by atoms with Gasteiger partial charge in [-0.3, -0.25) is 10.1 Å². The second kappa shape index (κ2) is 6.18. The second-order valence-electron chi connectivity index (χ2n) is 4.75. The van der Waals surface area contributed by atoms with Gasteiger partial charge in [0.25, 0.3) is 5.69 Å². The molecule has 1 aromatic rings. The Balaban J connectivity index is 2.14. The first-order chi connectivity index (χ1) is 8.66. The van der Waals surface area contributed by atoms with E-state index in [2.05, 4.69) is 21.2 Å². The largest absolute Gasteiger partial charge is 0.377 e. The first kappa shape index (κ1) is 13.3. The molecule has 1 saturated carbocycles. The fourth-order valence-electron chi connectivity index (χ4n) is 2.42. The van der Waals surface area contributed by atoms with E-state index < -0.39 is 0 Å². The fourth-order valence-corrected chi connectivity index (χ4v) is 2.77. The molecule has 0 aliphatic heterocycles. The number of rotatable bonds is 3. The predicted octanol–water partition coefficient (Wildman–Crippen LogP) is 4.49. The van der Waals surface area contributed by atoms with Gasteiger partial charge in [-0.1, -0.05) is 41.6 Å². The van der Waals surface area contributed by atoms with Gasteiger partial charge in [0.1, 0.15) is 5.69 Å². The number of nitro groups is 1. The minimum absolute atomic E-state index is 0.147. The normalized spacial score (nSPS) is 17.2. The van der Waals surface area contributed by atoms with Crippen LogP contribution >= 0.6 is 15.9 Å². The van der Waals surface area contributed by atoms with E-state index in [0.717, 1.165) is 17.3 Å². The number of anilines is 1. The van der Waals surface area contributed by atoms with Crippen LogP contribution in [0.2, 0.25) is 0 Å². The molecule has 4 nitrogen and oxygen atoms in total. The van der Waals surface area contributed by atoms with Crippen LogP contribution in [0.3, 0.4) is 0 Å². The standard InChI is InChI=1S/C13H17BrN2O2/c14-10-7-8-12(13(9-10)16(17)18)15-11-5-3-1-2-4-6-11/h7-9,11,15H,1-6H2. The molecule has 0 amide bonds. The summed E-state index contributed by atoms with van der Waals surface area (Å²) in [6, 6.07) is 5.55. The zero-order valence-electron chi connectivity index (χ0n) is 10.2. The molecular formula is C13H17BrN2O2. The SMILES string of the molecule is O=[N+]([O-])c1cc(Br)ccc1NC1CCCCCC1. The average Bonchev–Trinajstić information content (AvgIpc) is 2.60. The Morgan fingerprint density at radius 2 is 1.89 bits per heavy atom. The highest BCUT2D eigenvalue weighted by atomic mass is 79.9. The van der Waals surface area contributed by atoms with Crippen molar-refractivity contribution in [3.63, 3.8) is 0 Å². The minimum atomic E-state index is -0.330. The lowest BCUT2D eigenvalue weighted by atomic mass is 10.1. The Labute approximate surface area is 115 Å². The van der Waals surface area contributed by atoms with Crippen molar-refractivity contribution in [3.8, 4) is 0 Å². The van der Waals surface area contributed by atoms with E-state index in [-0.39, 0.29) is 10.6 Å². The molecule has 1 fully saturated rings. The van der Waals surface area contributed by atoms with Crippen molar-refractivity contribution in [1.82, 2.24) is 0 Å². The third-order valence-corrected chi connectivity index (χ3v) is 3.86. The molecule has 1 aromatic carbocycles. The van der Waals surface area contributed by atoms with Crippen LogP contribution in [0.15, 0.2) is 22.7 Å². The van der Waals surface area contributed by atoms with E-state index in [1.54, 1.807) is 12.1 Å². The van der Waals surface area contributed by atoms with Crippen LogP contribution in [-0.2, 0) is 0 Å². The van der Waals surface area contributed by atoms with Crippen LogP contribution in [0.25, 0.3) is 0 Å². The van der Waals surface area contributed by atoms with Crippen molar-refractivity contribution in [2.75, 3.05) is 5.32 Å². The predicted molar refractivity (Wildman–Crippen MR) is 75.9 cm³/mol. The van der Waals surface area contributed by atoms with Gasteiger partial charge < -0.3 is 5.32 Å². The summed E-state index contributed by atoms with van der Waals surface area (Å²) in [6.07, 6.45) is 7.19. The van der Waals surface area contributed by atoms with Gasteiger partial charge in [0.2, 0.25) is 0 Å². The maximum Gasteiger partial charge on any atom is 0.293 e. The van der Waals surface area contributed by atoms with Crippen LogP contribution in [-0.4, -0.2) is 11.0 Å². The Bertz CT molecular complexity index is 429. The summed E-state index contributed by atoms with van der Waals surface area (Å²) >= 11 is 3.27. The van der Waals surface area contributed by atoms with Crippen molar-refractivity contribution in [3.05, 3.63) is 32.8 Å². The number of hydrogen-bond acceptors (Lipinski definition) is 3. The lowest BCUT2D eigenvalue weighted by molar-refractivity contribution is -0.384. The fraction of sp³-hybridized carbons (Fsp3) is 0.538. The molecule has 0 atom stereocenters. The average molecular weight is 313 g/mol. The number of hydrogen-bond donors (Lipinski definition) is 1. The molecule has 1 aliphatic rings. The molecular weight excluding hydrogens is 296 g/mol. The van der Waals surface area contributed by atoms with Crippen molar-refractivity contribution in [2.45, 2.75) is 44.6 Å². The van der Waals surface area contributed by atoms with Crippen molar-refractivity contribution >= 4 is 27.3 Å². The summed E-state index contributed by atoms with van der Waals surface area (Å²) < 4.78 is 0.737. The summed E-state index contributed by atoms with van der Waals surface area (Å²) in [6.45, 7) is 0. The third-order valence-electron chi connectivity index (χ3n) is 3.37. The molecule has 2 rings (SSSR count). The van der Waals surface area contributed by atoms with Gasteiger partial charge in [-0.05, 0) is 25.0 Å². The van der Waals surface area contributed by atoms with Gasteiger partial charge in [-0.25, -0.2) is 0 Å². The van der Waals surface area contributed by atoms with Crippen LogP contribution in [0.1, 0.15) is 38.5 Å². The number of nitro benzene ring substituents is 1. The van der Waals surface area contributed by atoms with Crippen molar-refractivity contribution in [1.29, 1.82) is 0 Å². The highest BCUT2D eigenvalue weighted by Crippen LogP contribution is 2.30. The zero-order chi connectivity index (χ0) is 13.0. The van der Waals surface area contributed by atoms with E-state index >= 15 is 0 Å². The van der Waals surface area contributed by atoms with Crippen LogP contribution in [0.5, 0.6) is 0 Å². The lowest BCUT2D eigenvalue weighted by Crippen LogP contribution is -2.18. The second-order valence-corrected chi connectivity index (χ2v) is 5.67. The topological polar surface area (TPSA) is 55.2 Å². The molecule has 18 heavy (non-hydrogen) atoms. The molecule has 1 N–H and O–H groups in total. The van der Waals surface area contributed by atoms with E-state index in [9.17, 15) is 10.1 Å². The van der Waals surface area contributed by atoms with Gasteiger partial charge in [0.15, 0.2) is 0 Å². The summed E-state index contributed by atoms with van der Waals surface area (Å²) in [5.74, 6) is 0. The summed E-state index contributed by atoms with van der Waals surface area (Å²) in [5, 5.41) is 14.4. The van der Waals surface area contributed by atoms with Gasteiger partial charge in [0, 0.05) is 16.6 Å². The maximum absolute atomic E-state index is 11.0. The number of nitrogens with zero attached hydrogens (tertiary/aromatic N) is 1. The van der Waals surface area contributed by atoms with Gasteiger partial charge in [0.05, 0.1) is 4.92 Å². The minimum Gasteiger partial charge on any atom is -0.377 e. The molecule has 0 heterocycles. The molecule has 5 heteroatoms. The number of benzene rings is 1. The van der Waals surface area contributed by atoms with Gasteiger partial charge in [-0.15, -0.1) is 0 Å². The van der Waals surface area contributed by atoms with E-state index in [4.69, 9.17) is 0 Å².